The summed E-state index contributed by atoms with van der Waals surface area (Å²) < 4.78 is 0. The Morgan fingerprint density at radius 3 is 2.38 bits per heavy atom. The van der Waals surface area contributed by atoms with Gasteiger partial charge in [-0.15, -0.1) is 0 Å². The van der Waals surface area contributed by atoms with Crippen LogP contribution in [0, 0.1) is 0 Å². The van der Waals surface area contributed by atoms with Gasteiger partial charge in [-0.2, -0.15) is 0 Å². The van der Waals surface area contributed by atoms with Gasteiger partial charge in [0.25, 0.3) is 5.91 Å². The molecule has 1 amide bonds. The second-order valence-corrected chi connectivity index (χ2v) is 5.55. The van der Waals surface area contributed by atoms with Gasteiger partial charge in [-0.1, -0.05) is 30.3 Å². The van der Waals surface area contributed by atoms with Crippen LogP contribution in [0.25, 0.3) is 6.08 Å². The van der Waals surface area contributed by atoms with Crippen LogP contribution in [-0.4, -0.2) is 26.0 Å². The Hall–Kier alpha value is -3.28. The first-order chi connectivity index (χ1) is 11.6. The molecule has 122 valence electrons. The van der Waals surface area contributed by atoms with E-state index in [1.54, 1.807) is 6.08 Å². The molecule has 3 N–H and O–H groups in total. The first-order valence-corrected chi connectivity index (χ1v) is 7.58. The first-order valence-electron chi connectivity index (χ1n) is 7.58. The number of guanidine groups is 1. The van der Waals surface area contributed by atoms with Crippen LogP contribution in [0.15, 0.2) is 65.3 Å². The molecule has 0 fully saturated rings. The lowest BCUT2D eigenvalue weighted by molar-refractivity contribution is -0.115. The van der Waals surface area contributed by atoms with Gasteiger partial charge in [0.05, 0.1) is 5.69 Å². The van der Waals surface area contributed by atoms with Crippen molar-refractivity contribution in [2.75, 3.05) is 24.4 Å². The Balaban J connectivity index is 1.69. The molecule has 0 bridgehead atoms. The summed E-state index contributed by atoms with van der Waals surface area (Å²) in [6, 6.07) is 17.5. The molecule has 0 saturated carbocycles. The Bertz CT molecular complexity index is 779. The summed E-state index contributed by atoms with van der Waals surface area (Å²) in [6.07, 6.45) is 1.76. The molecule has 0 unspecified atom stereocenters. The fraction of sp³-hybridized carbons (Fsp3) is 0.111. The average Bonchev–Trinajstić information content (AvgIpc) is 2.94. The Morgan fingerprint density at radius 2 is 1.71 bits per heavy atom. The zero-order valence-corrected chi connectivity index (χ0v) is 13.6. The average molecular weight is 321 g/mol. The Morgan fingerprint density at radius 1 is 1.00 bits per heavy atom. The number of aliphatic imine (C=N–C) groups is 1. The van der Waals surface area contributed by atoms with Crippen LogP contribution in [-0.2, 0) is 4.79 Å². The molecule has 2 aromatic carbocycles. The van der Waals surface area contributed by atoms with Gasteiger partial charge in [0.1, 0.15) is 5.70 Å². The van der Waals surface area contributed by atoms with Gasteiger partial charge in [-0.3, -0.25) is 21.0 Å². The summed E-state index contributed by atoms with van der Waals surface area (Å²) >= 11 is 0. The molecule has 2 aromatic rings. The summed E-state index contributed by atoms with van der Waals surface area (Å²) in [5.74, 6) is 0.143. The van der Waals surface area contributed by atoms with E-state index in [4.69, 9.17) is 0 Å². The number of hydrogen-bond donors (Lipinski definition) is 3. The smallest absolute Gasteiger partial charge is 0.276 e. The number of nitrogens with one attached hydrogen (secondary N) is 3. The highest BCUT2D eigenvalue weighted by Crippen LogP contribution is 2.16. The maximum atomic E-state index is 12.0. The van der Waals surface area contributed by atoms with E-state index in [2.05, 4.69) is 21.2 Å². The normalized spacial score (nSPS) is 15.0. The molecule has 0 saturated heterocycles. The molecule has 1 aliphatic rings. The number of carbonyl (C=O) groups is 1. The highest BCUT2D eigenvalue weighted by Gasteiger charge is 2.19. The zero-order chi connectivity index (χ0) is 16.9. The lowest BCUT2D eigenvalue weighted by Gasteiger charge is -2.11. The van der Waals surface area contributed by atoms with Gasteiger partial charge in [0, 0.05) is 19.8 Å². The van der Waals surface area contributed by atoms with Crippen molar-refractivity contribution in [3.05, 3.63) is 65.9 Å². The number of para-hydroxylation sites is 1. The third kappa shape index (κ3) is 3.73. The molecule has 6 heteroatoms. The second-order valence-electron chi connectivity index (χ2n) is 5.55. The van der Waals surface area contributed by atoms with Crippen LogP contribution in [0.2, 0.25) is 0 Å². The number of nitrogens with zero attached hydrogens (tertiary/aromatic N) is 2. The maximum absolute atomic E-state index is 12.0. The third-order valence-corrected chi connectivity index (χ3v) is 3.51. The quantitative estimate of drug-likeness (QED) is 0.596. The Kier molecular flexibility index (Phi) is 4.47. The van der Waals surface area contributed by atoms with Gasteiger partial charge in [-0.25, -0.2) is 4.99 Å². The first kappa shape index (κ1) is 15.6. The molecule has 0 aliphatic carbocycles. The lowest BCUT2D eigenvalue weighted by atomic mass is 10.1. The molecule has 1 aliphatic heterocycles. The number of hydrogen-bond acceptors (Lipinski definition) is 5. The van der Waals surface area contributed by atoms with E-state index in [0.717, 1.165) is 16.9 Å². The minimum atomic E-state index is -0.232. The van der Waals surface area contributed by atoms with Gasteiger partial charge in [0.2, 0.25) is 5.96 Å². The van der Waals surface area contributed by atoms with Gasteiger partial charge in [-0.05, 0) is 35.9 Å². The van der Waals surface area contributed by atoms with E-state index in [-0.39, 0.29) is 5.91 Å². The van der Waals surface area contributed by atoms with Gasteiger partial charge >= 0.3 is 0 Å². The van der Waals surface area contributed by atoms with Crippen LogP contribution in [0.3, 0.4) is 0 Å². The Labute approximate surface area is 140 Å². The van der Waals surface area contributed by atoms with Crippen LogP contribution in [0.1, 0.15) is 5.56 Å². The second kappa shape index (κ2) is 6.87. The van der Waals surface area contributed by atoms with E-state index in [0.29, 0.717) is 11.7 Å². The van der Waals surface area contributed by atoms with Crippen molar-refractivity contribution in [3.63, 3.8) is 0 Å². The predicted molar refractivity (Wildman–Crippen MR) is 97.5 cm³/mol. The van der Waals surface area contributed by atoms with Crippen molar-refractivity contribution < 1.29 is 4.79 Å². The maximum Gasteiger partial charge on any atom is 0.276 e. The summed E-state index contributed by atoms with van der Waals surface area (Å²) in [7, 11) is 3.97. The standard InChI is InChI=1S/C18H19N5O/c1-23(2)15-10-8-13(9-11-15)12-16-17(24)20-18(19-16)22-21-14-6-4-3-5-7-14/h3-12,21H,1-2H3,(H2,19,20,22,24)/b16-12-. The number of amides is 1. The fourth-order valence-electron chi connectivity index (χ4n) is 2.21. The zero-order valence-electron chi connectivity index (χ0n) is 13.6. The van der Waals surface area contributed by atoms with Gasteiger partial charge in [0.15, 0.2) is 0 Å². The number of rotatable bonds is 4. The molecule has 0 atom stereocenters. The summed E-state index contributed by atoms with van der Waals surface area (Å²) in [5, 5.41) is 2.68. The SMILES string of the molecule is CN(C)c1ccc(/C=C2\N=C(NNc3ccccc3)NC2=O)cc1. The molecule has 1 heterocycles. The molecular formula is C18H19N5O. The monoisotopic (exact) mass is 321 g/mol. The highest BCUT2D eigenvalue weighted by molar-refractivity contribution is 6.13. The van der Waals surface area contributed by atoms with E-state index >= 15 is 0 Å². The van der Waals surface area contributed by atoms with Crippen LogP contribution in [0.5, 0.6) is 0 Å². The van der Waals surface area contributed by atoms with Crippen molar-refractivity contribution in [2.45, 2.75) is 0 Å². The van der Waals surface area contributed by atoms with Crippen LogP contribution < -0.4 is 21.1 Å². The van der Waals surface area contributed by atoms with Gasteiger partial charge < -0.3 is 4.90 Å². The molecule has 0 aromatic heterocycles. The molecule has 6 nitrogen and oxygen atoms in total. The predicted octanol–water partition coefficient (Wildman–Crippen LogP) is 2.20. The summed E-state index contributed by atoms with van der Waals surface area (Å²) in [4.78, 5) is 18.3. The van der Waals surface area contributed by atoms with Crippen LogP contribution in [0.4, 0.5) is 11.4 Å². The third-order valence-electron chi connectivity index (χ3n) is 3.51. The van der Waals surface area contributed by atoms with E-state index < -0.39 is 0 Å². The highest BCUT2D eigenvalue weighted by atomic mass is 16.2. The molecular weight excluding hydrogens is 302 g/mol. The summed E-state index contributed by atoms with van der Waals surface area (Å²) in [5.41, 5.74) is 9.14. The molecule has 0 spiro atoms. The van der Waals surface area contributed by atoms with E-state index in [1.165, 1.54) is 0 Å². The number of anilines is 2. The van der Waals surface area contributed by atoms with Crippen molar-refractivity contribution >= 4 is 29.3 Å². The van der Waals surface area contributed by atoms with E-state index in [1.807, 2.05) is 73.6 Å². The molecule has 0 radical (unpaired) electrons. The fourth-order valence-corrected chi connectivity index (χ4v) is 2.21. The lowest BCUT2D eigenvalue weighted by Crippen LogP contribution is -2.39. The largest absolute Gasteiger partial charge is 0.378 e. The van der Waals surface area contributed by atoms with Crippen molar-refractivity contribution in [1.82, 2.24) is 10.7 Å². The summed E-state index contributed by atoms with van der Waals surface area (Å²) in [6.45, 7) is 0. The topological polar surface area (TPSA) is 68.8 Å². The van der Waals surface area contributed by atoms with E-state index in [9.17, 15) is 4.79 Å². The number of hydrazine groups is 1. The molecule has 24 heavy (non-hydrogen) atoms. The van der Waals surface area contributed by atoms with Crippen molar-refractivity contribution in [3.8, 4) is 0 Å². The number of benzene rings is 2. The molecule has 3 rings (SSSR count). The van der Waals surface area contributed by atoms with Crippen molar-refractivity contribution in [1.29, 1.82) is 0 Å². The number of carbonyl (C=O) groups excluding carboxylic acids is 1. The van der Waals surface area contributed by atoms with Crippen LogP contribution >= 0.6 is 0 Å². The van der Waals surface area contributed by atoms with Crippen molar-refractivity contribution in [2.24, 2.45) is 4.99 Å². The minimum Gasteiger partial charge on any atom is -0.378 e. The minimum absolute atomic E-state index is 0.232.